The third kappa shape index (κ3) is 3.06. The number of hydrogen-bond donors (Lipinski definition) is 2. The highest BCUT2D eigenvalue weighted by Crippen LogP contribution is 2.55. The summed E-state index contributed by atoms with van der Waals surface area (Å²) in [5.74, 6) is -1.56. The van der Waals surface area contributed by atoms with Crippen molar-refractivity contribution in [3.8, 4) is 11.3 Å². The summed E-state index contributed by atoms with van der Waals surface area (Å²) >= 11 is 0. The molecule has 2 N–H and O–H groups in total. The van der Waals surface area contributed by atoms with Crippen LogP contribution in [0.3, 0.4) is 0 Å². The van der Waals surface area contributed by atoms with E-state index in [9.17, 15) is 22.8 Å². The van der Waals surface area contributed by atoms with E-state index in [0.717, 1.165) is 11.8 Å². The van der Waals surface area contributed by atoms with Gasteiger partial charge in [-0.2, -0.15) is 18.3 Å². The second-order valence-corrected chi connectivity index (χ2v) is 6.92. The first-order valence-corrected chi connectivity index (χ1v) is 8.88. The highest BCUT2D eigenvalue weighted by molar-refractivity contribution is 5.63. The third-order valence-corrected chi connectivity index (χ3v) is 4.98. The topological polar surface area (TPSA) is 122 Å². The predicted molar refractivity (Wildman–Crippen MR) is 96.8 cm³/mol. The molecule has 5 rings (SSSR count). The lowest BCUT2D eigenvalue weighted by molar-refractivity contribution is -0.145. The van der Waals surface area contributed by atoms with Crippen molar-refractivity contribution in [3.05, 3.63) is 74.8 Å². The van der Waals surface area contributed by atoms with Gasteiger partial charge in [-0.3, -0.25) is 9.78 Å². The van der Waals surface area contributed by atoms with Crippen molar-refractivity contribution in [2.24, 2.45) is 0 Å². The van der Waals surface area contributed by atoms with Crippen molar-refractivity contribution in [1.82, 2.24) is 34.5 Å². The lowest BCUT2D eigenvalue weighted by Gasteiger charge is -2.08. The zero-order chi connectivity index (χ0) is 21.0. The Morgan fingerprint density at radius 1 is 1.13 bits per heavy atom. The largest absolute Gasteiger partial charge is 0.451 e. The van der Waals surface area contributed by atoms with Crippen LogP contribution in [0.25, 0.3) is 16.9 Å². The summed E-state index contributed by atoms with van der Waals surface area (Å²) in [6, 6.07) is 3.14. The molecule has 152 valence electrons. The van der Waals surface area contributed by atoms with E-state index >= 15 is 0 Å². The normalized spacial score (nSPS) is 18.6. The number of aromatic nitrogens is 7. The molecule has 9 nitrogen and oxygen atoms in total. The van der Waals surface area contributed by atoms with E-state index in [2.05, 4.69) is 30.0 Å². The summed E-state index contributed by atoms with van der Waals surface area (Å²) in [4.78, 5) is 39.3. The minimum Gasteiger partial charge on any atom is -0.313 e. The first-order chi connectivity index (χ1) is 14.3. The van der Waals surface area contributed by atoms with E-state index in [1.165, 1.54) is 23.0 Å². The molecular formula is C18H12F3N7O2. The van der Waals surface area contributed by atoms with Crippen LogP contribution < -0.4 is 11.2 Å². The van der Waals surface area contributed by atoms with Gasteiger partial charge in [0, 0.05) is 42.0 Å². The maximum Gasteiger partial charge on any atom is 0.451 e. The molecule has 0 unspecified atom stereocenters. The number of rotatable bonds is 3. The molecule has 4 aromatic heterocycles. The monoisotopic (exact) mass is 415 g/mol. The third-order valence-electron chi connectivity index (χ3n) is 4.98. The molecule has 4 heterocycles. The zero-order valence-corrected chi connectivity index (χ0v) is 15.0. The van der Waals surface area contributed by atoms with E-state index in [4.69, 9.17) is 0 Å². The number of imidazole rings is 1. The second kappa shape index (κ2) is 6.34. The van der Waals surface area contributed by atoms with Crippen molar-refractivity contribution < 1.29 is 13.2 Å². The Labute approximate surface area is 164 Å². The lowest BCUT2D eigenvalue weighted by atomic mass is 10.1. The Kier molecular flexibility index (Phi) is 3.85. The Bertz CT molecular complexity index is 1390. The first-order valence-electron chi connectivity index (χ1n) is 8.88. The summed E-state index contributed by atoms with van der Waals surface area (Å²) < 4.78 is 40.3. The van der Waals surface area contributed by atoms with Crippen molar-refractivity contribution in [2.45, 2.75) is 24.4 Å². The van der Waals surface area contributed by atoms with Gasteiger partial charge in [0.15, 0.2) is 5.65 Å². The van der Waals surface area contributed by atoms with E-state index in [-0.39, 0.29) is 17.4 Å². The fraction of sp³-hybridized carbons (Fsp3) is 0.222. The van der Waals surface area contributed by atoms with E-state index in [1.807, 2.05) is 0 Å². The van der Waals surface area contributed by atoms with Gasteiger partial charge in [-0.1, -0.05) is 0 Å². The van der Waals surface area contributed by atoms with Crippen molar-refractivity contribution >= 4 is 5.65 Å². The molecule has 0 radical (unpaired) electrons. The molecule has 1 saturated carbocycles. The predicted octanol–water partition coefficient (Wildman–Crippen LogP) is 1.85. The molecular weight excluding hydrogens is 403 g/mol. The molecule has 0 aliphatic heterocycles. The Morgan fingerprint density at radius 3 is 2.73 bits per heavy atom. The Hall–Kier alpha value is -3.83. The van der Waals surface area contributed by atoms with E-state index in [0.29, 0.717) is 23.5 Å². The van der Waals surface area contributed by atoms with Gasteiger partial charge in [0.2, 0.25) is 5.82 Å². The fourth-order valence-electron chi connectivity index (χ4n) is 3.53. The summed E-state index contributed by atoms with van der Waals surface area (Å²) in [5.41, 5.74) is 0.786. The van der Waals surface area contributed by atoms with Crippen LogP contribution in [0, 0.1) is 0 Å². The van der Waals surface area contributed by atoms with Crippen LogP contribution in [0.5, 0.6) is 0 Å². The zero-order valence-electron chi connectivity index (χ0n) is 15.0. The van der Waals surface area contributed by atoms with Crippen molar-refractivity contribution in [3.63, 3.8) is 0 Å². The minimum atomic E-state index is -4.62. The van der Waals surface area contributed by atoms with E-state index < -0.39 is 23.2 Å². The van der Waals surface area contributed by atoms with Crippen LogP contribution in [-0.4, -0.2) is 34.5 Å². The van der Waals surface area contributed by atoms with E-state index in [1.54, 1.807) is 12.3 Å². The van der Waals surface area contributed by atoms with Crippen molar-refractivity contribution in [2.75, 3.05) is 0 Å². The summed E-state index contributed by atoms with van der Waals surface area (Å²) in [7, 11) is 0. The quantitative estimate of drug-likeness (QED) is 0.527. The van der Waals surface area contributed by atoms with Crippen LogP contribution in [-0.2, 0) is 6.18 Å². The van der Waals surface area contributed by atoms with Gasteiger partial charge < -0.3 is 4.98 Å². The summed E-state index contributed by atoms with van der Waals surface area (Å²) in [6.45, 7) is 0. The SMILES string of the molecule is O=c1[nH]cc(-c2cc([C@H]3C[C@@H]3c3ccnc(C(F)(F)F)n3)c3nccn3n2)c(=O)[nH]1. The number of nitrogens with one attached hydrogen (secondary N) is 2. The van der Waals surface area contributed by atoms with Gasteiger partial charge in [-0.15, -0.1) is 0 Å². The number of nitrogens with zero attached hydrogens (tertiary/aromatic N) is 5. The number of aromatic amines is 2. The minimum absolute atomic E-state index is 0.144. The Balaban J connectivity index is 1.57. The number of fused-ring (bicyclic) bond motifs is 1. The molecule has 0 aromatic carbocycles. The van der Waals surface area contributed by atoms with Crippen LogP contribution in [0.1, 0.15) is 35.3 Å². The summed E-state index contributed by atoms with van der Waals surface area (Å²) in [6.07, 6.45) is 1.46. The average Bonchev–Trinajstić information content (AvgIpc) is 3.35. The molecule has 1 fully saturated rings. The van der Waals surface area contributed by atoms with Crippen LogP contribution in [0.4, 0.5) is 13.2 Å². The molecule has 12 heteroatoms. The molecule has 1 aliphatic rings. The number of alkyl halides is 3. The number of halogens is 3. The molecule has 2 atom stereocenters. The maximum absolute atomic E-state index is 12.9. The molecule has 0 bridgehead atoms. The second-order valence-electron chi connectivity index (χ2n) is 6.92. The molecule has 0 saturated heterocycles. The maximum atomic E-state index is 12.9. The lowest BCUT2D eigenvalue weighted by Crippen LogP contribution is -2.23. The van der Waals surface area contributed by atoms with Crippen molar-refractivity contribution in [1.29, 1.82) is 0 Å². The van der Waals surface area contributed by atoms with Crippen LogP contribution in [0.2, 0.25) is 0 Å². The molecule has 0 spiro atoms. The number of H-pyrrole nitrogens is 2. The highest BCUT2D eigenvalue weighted by atomic mass is 19.4. The average molecular weight is 415 g/mol. The van der Waals surface area contributed by atoms with Gasteiger partial charge >= 0.3 is 11.9 Å². The van der Waals surface area contributed by atoms with Gasteiger partial charge in [0.05, 0.1) is 11.3 Å². The molecule has 0 amide bonds. The first kappa shape index (κ1) is 18.2. The molecule has 4 aromatic rings. The van der Waals surface area contributed by atoms with Gasteiger partial charge in [0.1, 0.15) is 0 Å². The molecule has 1 aliphatic carbocycles. The van der Waals surface area contributed by atoms with Gasteiger partial charge in [-0.05, 0) is 24.5 Å². The summed E-state index contributed by atoms with van der Waals surface area (Å²) in [5, 5.41) is 4.35. The highest BCUT2D eigenvalue weighted by Gasteiger charge is 2.44. The van der Waals surface area contributed by atoms with Crippen LogP contribution in [0.15, 0.2) is 46.5 Å². The van der Waals surface area contributed by atoms with Gasteiger partial charge in [-0.25, -0.2) is 24.3 Å². The molecule has 30 heavy (non-hydrogen) atoms. The standard InChI is InChI=1S/C18H12F3N7O2/c19-18(20,21)16-23-2-1-12(25-16)9-5-8(9)10-6-13(27-28-4-3-22-14(10)28)11-7-24-17(30)26-15(11)29/h1-4,6-9H,5H2,(H2,24,26,29,30)/t8-,9-/m0/s1. The Morgan fingerprint density at radius 2 is 1.97 bits per heavy atom. The smallest absolute Gasteiger partial charge is 0.313 e. The van der Waals surface area contributed by atoms with Crippen LogP contribution >= 0.6 is 0 Å². The fourth-order valence-corrected chi connectivity index (χ4v) is 3.53. The number of hydrogen-bond acceptors (Lipinski definition) is 6. The van der Waals surface area contributed by atoms with Gasteiger partial charge in [0.25, 0.3) is 5.56 Å².